The molecule has 3 heteroatoms. The van der Waals surface area contributed by atoms with Crippen LogP contribution in [0.25, 0.3) is 0 Å². The number of carbonyl (C=O) groups excluding carboxylic acids is 1. The van der Waals surface area contributed by atoms with E-state index >= 15 is 0 Å². The number of nitriles is 1. The van der Waals surface area contributed by atoms with Gasteiger partial charge in [0.25, 0.3) is 0 Å². The minimum absolute atomic E-state index is 0.0486. The van der Waals surface area contributed by atoms with E-state index in [0.29, 0.717) is 5.92 Å². The quantitative estimate of drug-likeness (QED) is 0.733. The smallest absolute Gasteiger partial charge is 0.240 e. The third-order valence-corrected chi connectivity index (χ3v) is 3.41. The van der Waals surface area contributed by atoms with Crippen LogP contribution in [0.15, 0.2) is 0 Å². The third-order valence-electron chi connectivity index (χ3n) is 3.41. The van der Waals surface area contributed by atoms with Gasteiger partial charge in [-0.2, -0.15) is 5.26 Å². The van der Waals surface area contributed by atoms with Gasteiger partial charge in [0.1, 0.15) is 5.41 Å². The number of amides is 1. The van der Waals surface area contributed by atoms with Gasteiger partial charge in [-0.05, 0) is 37.5 Å². The molecule has 0 heterocycles. The average Bonchev–Trinajstić information content (AvgIpc) is 3.06. The molecule has 2 aliphatic carbocycles. The Morgan fingerprint density at radius 2 is 2.29 bits per heavy atom. The number of carbonyl (C=O) groups is 1. The first kappa shape index (κ1) is 9.51. The van der Waals surface area contributed by atoms with Crippen molar-refractivity contribution in [3.63, 3.8) is 0 Å². The van der Waals surface area contributed by atoms with Crippen molar-refractivity contribution in [1.82, 2.24) is 5.32 Å². The summed E-state index contributed by atoms with van der Waals surface area (Å²) in [4.78, 5) is 11.6. The van der Waals surface area contributed by atoms with E-state index in [4.69, 9.17) is 5.26 Å². The van der Waals surface area contributed by atoms with Gasteiger partial charge in [-0.25, -0.2) is 0 Å². The van der Waals surface area contributed by atoms with Gasteiger partial charge in [0.15, 0.2) is 0 Å². The highest BCUT2D eigenvalue weighted by atomic mass is 16.2. The van der Waals surface area contributed by atoms with Crippen LogP contribution >= 0.6 is 0 Å². The van der Waals surface area contributed by atoms with Crippen LogP contribution in [0, 0.1) is 28.6 Å². The van der Waals surface area contributed by atoms with Crippen LogP contribution in [0.4, 0.5) is 0 Å². The van der Waals surface area contributed by atoms with Crippen LogP contribution in [0.3, 0.4) is 0 Å². The largest absolute Gasteiger partial charge is 0.354 e. The Balaban J connectivity index is 1.75. The zero-order valence-corrected chi connectivity index (χ0v) is 8.55. The fourth-order valence-corrected chi connectivity index (χ4v) is 1.77. The molecule has 1 amide bonds. The van der Waals surface area contributed by atoms with E-state index in [0.717, 1.165) is 25.3 Å². The fourth-order valence-electron chi connectivity index (χ4n) is 1.77. The molecule has 14 heavy (non-hydrogen) atoms. The van der Waals surface area contributed by atoms with E-state index < -0.39 is 5.41 Å². The van der Waals surface area contributed by atoms with Crippen LogP contribution < -0.4 is 5.32 Å². The van der Waals surface area contributed by atoms with Gasteiger partial charge in [0, 0.05) is 6.54 Å². The molecule has 2 fully saturated rings. The third kappa shape index (κ3) is 1.75. The number of nitrogens with one attached hydrogen (secondary N) is 1. The SMILES string of the molecule is CC(CNC(=O)C1(C#N)CC1)C1CC1. The summed E-state index contributed by atoms with van der Waals surface area (Å²) in [7, 11) is 0. The second kappa shape index (κ2) is 3.27. The highest BCUT2D eigenvalue weighted by Gasteiger charge is 2.50. The first-order valence-corrected chi connectivity index (χ1v) is 5.37. The first-order chi connectivity index (χ1) is 6.68. The maximum Gasteiger partial charge on any atom is 0.240 e. The predicted octanol–water partition coefficient (Wildman–Crippen LogP) is 1.45. The van der Waals surface area contributed by atoms with Crippen molar-refractivity contribution >= 4 is 5.91 Å². The molecule has 0 aromatic heterocycles. The van der Waals surface area contributed by atoms with Gasteiger partial charge in [0.2, 0.25) is 5.91 Å². The Bertz CT molecular complexity index is 284. The number of hydrogen-bond acceptors (Lipinski definition) is 2. The van der Waals surface area contributed by atoms with Crippen molar-refractivity contribution in [1.29, 1.82) is 5.26 Å². The molecule has 2 rings (SSSR count). The van der Waals surface area contributed by atoms with Crippen molar-refractivity contribution < 1.29 is 4.79 Å². The highest BCUT2D eigenvalue weighted by molar-refractivity contribution is 5.88. The van der Waals surface area contributed by atoms with E-state index in [1.54, 1.807) is 0 Å². The second-order valence-corrected chi connectivity index (χ2v) is 4.72. The summed E-state index contributed by atoms with van der Waals surface area (Å²) in [6.07, 6.45) is 4.10. The molecule has 0 aromatic carbocycles. The molecule has 0 aliphatic heterocycles. The molecule has 76 valence electrons. The molecule has 1 unspecified atom stereocenters. The van der Waals surface area contributed by atoms with Crippen LogP contribution in [-0.4, -0.2) is 12.5 Å². The monoisotopic (exact) mass is 192 g/mol. The Morgan fingerprint density at radius 1 is 1.64 bits per heavy atom. The summed E-state index contributed by atoms with van der Waals surface area (Å²) in [5, 5.41) is 11.7. The summed E-state index contributed by atoms with van der Waals surface area (Å²) >= 11 is 0. The second-order valence-electron chi connectivity index (χ2n) is 4.72. The topological polar surface area (TPSA) is 52.9 Å². The lowest BCUT2D eigenvalue weighted by molar-refractivity contribution is -0.124. The lowest BCUT2D eigenvalue weighted by Crippen LogP contribution is -2.34. The summed E-state index contributed by atoms with van der Waals surface area (Å²) in [5.41, 5.74) is -0.650. The van der Waals surface area contributed by atoms with Gasteiger partial charge >= 0.3 is 0 Å². The molecule has 0 bridgehead atoms. The molecule has 0 radical (unpaired) electrons. The predicted molar refractivity (Wildman–Crippen MR) is 52.2 cm³/mol. The average molecular weight is 192 g/mol. The molecule has 0 saturated heterocycles. The zero-order chi connectivity index (χ0) is 10.2. The normalized spacial score (nSPS) is 24.9. The van der Waals surface area contributed by atoms with Crippen LogP contribution in [0.5, 0.6) is 0 Å². The molecule has 1 N–H and O–H groups in total. The lowest BCUT2D eigenvalue weighted by Gasteiger charge is -2.12. The number of nitrogens with zero attached hydrogens (tertiary/aromatic N) is 1. The minimum Gasteiger partial charge on any atom is -0.354 e. The molecule has 2 saturated carbocycles. The van der Waals surface area contributed by atoms with E-state index in [-0.39, 0.29) is 5.91 Å². The fraction of sp³-hybridized carbons (Fsp3) is 0.818. The van der Waals surface area contributed by atoms with Crippen molar-refractivity contribution in [3.8, 4) is 6.07 Å². The molecular weight excluding hydrogens is 176 g/mol. The van der Waals surface area contributed by atoms with Gasteiger partial charge < -0.3 is 5.32 Å². The van der Waals surface area contributed by atoms with Gasteiger partial charge in [-0.15, -0.1) is 0 Å². The molecule has 1 atom stereocenters. The Labute approximate surface area is 84.5 Å². The Kier molecular flexibility index (Phi) is 2.22. The summed E-state index contributed by atoms with van der Waals surface area (Å²) in [6, 6.07) is 2.11. The number of rotatable bonds is 4. The Hall–Kier alpha value is -1.04. The van der Waals surface area contributed by atoms with Gasteiger partial charge in [-0.1, -0.05) is 6.92 Å². The van der Waals surface area contributed by atoms with Crippen molar-refractivity contribution in [2.45, 2.75) is 32.6 Å². The standard InChI is InChI=1S/C11H16N2O/c1-8(9-2-3-9)6-13-10(14)11(7-12)4-5-11/h8-9H,2-6H2,1H3,(H,13,14). The van der Waals surface area contributed by atoms with Gasteiger partial charge in [0.05, 0.1) is 6.07 Å². The number of hydrogen-bond donors (Lipinski definition) is 1. The first-order valence-electron chi connectivity index (χ1n) is 5.37. The minimum atomic E-state index is -0.650. The van der Waals surface area contributed by atoms with E-state index in [1.807, 2.05) is 0 Å². The van der Waals surface area contributed by atoms with Crippen LogP contribution in [0.1, 0.15) is 32.6 Å². The van der Waals surface area contributed by atoms with Gasteiger partial charge in [-0.3, -0.25) is 4.79 Å². The summed E-state index contributed by atoms with van der Waals surface area (Å²) in [5.74, 6) is 1.34. The lowest BCUT2D eigenvalue weighted by atomic mass is 10.1. The van der Waals surface area contributed by atoms with E-state index in [1.165, 1.54) is 12.8 Å². The van der Waals surface area contributed by atoms with Crippen LogP contribution in [0.2, 0.25) is 0 Å². The summed E-state index contributed by atoms with van der Waals surface area (Å²) < 4.78 is 0. The molecule has 3 nitrogen and oxygen atoms in total. The van der Waals surface area contributed by atoms with E-state index in [9.17, 15) is 4.79 Å². The highest BCUT2D eigenvalue weighted by Crippen LogP contribution is 2.45. The van der Waals surface area contributed by atoms with Crippen molar-refractivity contribution in [3.05, 3.63) is 0 Å². The Morgan fingerprint density at radius 3 is 2.71 bits per heavy atom. The maximum atomic E-state index is 11.6. The zero-order valence-electron chi connectivity index (χ0n) is 8.55. The molecule has 0 aromatic rings. The van der Waals surface area contributed by atoms with Crippen molar-refractivity contribution in [2.24, 2.45) is 17.3 Å². The molecular formula is C11H16N2O. The summed E-state index contributed by atoms with van der Waals surface area (Å²) in [6.45, 7) is 2.91. The maximum absolute atomic E-state index is 11.6. The molecule has 0 spiro atoms. The van der Waals surface area contributed by atoms with E-state index in [2.05, 4.69) is 18.3 Å². The van der Waals surface area contributed by atoms with Crippen molar-refractivity contribution in [2.75, 3.05) is 6.54 Å². The molecule has 2 aliphatic rings. The van der Waals surface area contributed by atoms with Crippen LogP contribution in [-0.2, 0) is 4.79 Å².